The third kappa shape index (κ3) is 3.25. The van der Waals surface area contributed by atoms with Gasteiger partial charge in [0.25, 0.3) is 0 Å². The molecule has 0 N–H and O–H groups in total. The third-order valence-electron chi connectivity index (χ3n) is 3.39. The first kappa shape index (κ1) is 12.9. The Morgan fingerprint density at radius 1 is 0.900 bits per heavy atom. The first-order chi connectivity index (χ1) is 9.92. The number of morpholine rings is 1. The summed E-state index contributed by atoms with van der Waals surface area (Å²) in [5, 5.41) is 0. The van der Waals surface area contributed by atoms with E-state index in [9.17, 15) is 0 Å². The molecule has 0 aromatic heterocycles. The van der Waals surface area contributed by atoms with E-state index in [4.69, 9.17) is 4.74 Å². The number of anilines is 1. The minimum atomic E-state index is 0.817. The predicted molar refractivity (Wildman–Crippen MR) is 83.2 cm³/mol. The van der Waals surface area contributed by atoms with E-state index in [1.807, 2.05) is 36.5 Å². The zero-order valence-electron chi connectivity index (χ0n) is 11.4. The highest BCUT2D eigenvalue weighted by Crippen LogP contribution is 2.16. The monoisotopic (exact) mass is 266 g/mol. The molecular weight excluding hydrogens is 248 g/mol. The van der Waals surface area contributed by atoms with Crippen molar-refractivity contribution in [2.45, 2.75) is 0 Å². The van der Waals surface area contributed by atoms with Gasteiger partial charge < -0.3 is 9.64 Å². The maximum atomic E-state index is 5.37. The molecule has 3 rings (SSSR count). The van der Waals surface area contributed by atoms with Gasteiger partial charge in [-0.05, 0) is 29.8 Å². The number of benzene rings is 2. The quantitative estimate of drug-likeness (QED) is 0.796. The summed E-state index contributed by atoms with van der Waals surface area (Å²) in [5.41, 5.74) is 3.35. The van der Waals surface area contributed by atoms with Crippen LogP contribution in [0.25, 0.3) is 0 Å². The molecular formula is C17H18N2O. The normalized spacial score (nSPS) is 15.7. The molecule has 0 bridgehead atoms. The van der Waals surface area contributed by atoms with Gasteiger partial charge in [0.15, 0.2) is 0 Å². The van der Waals surface area contributed by atoms with E-state index < -0.39 is 0 Å². The summed E-state index contributed by atoms with van der Waals surface area (Å²) in [6, 6.07) is 18.5. The highest BCUT2D eigenvalue weighted by molar-refractivity contribution is 5.82. The Morgan fingerprint density at radius 2 is 1.60 bits per heavy atom. The molecule has 0 amide bonds. The molecule has 2 aromatic rings. The van der Waals surface area contributed by atoms with Gasteiger partial charge in [-0.15, -0.1) is 0 Å². The average Bonchev–Trinajstić information content (AvgIpc) is 2.55. The molecule has 0 saturated carbocycles. The lowest BCUT2D eigenvalue weighted by atomic mass is 10.2. The summed E-state index contributed by atoms with van der Waals surface area (Å²) in [5.74, 6) is 0. The number of hydrogen-bond acceptors (Lipinski definition) is 3. The number of ether oxygens (including phenoxy) is 1. The Bertz CT molecular complexity index is 557. The summed E-state index contributed by atoms with van der Waals surface area (Å²) in [7, 11) is 0. The highest BCUT2D eigenvalue weighted by Gasteiger charge is 2.10. The summed E-state index contributed by atoms with van der Waals surface area (Å²) < 4.78 is 5.37. The van der Waals surface area contributed by atoms with E-state index in [-0.39, 0.29) is 0 Å². The van der Waals surface area contributed by atoms with Gasteiger partial charge in [-0.2, -0.15) is 0 Å². The number of para-hydroxylation sites is 1. The first-order valence-electron chi connectivity index (χ1n) is 6.94. The Kier molecular flexibility index (Phi) is 4.09. The second-order valence-electron chi connectivity index (χ2n) is 4.78. The van der Waals surface area contributed by atoms with Gasteiger partial charge in [0.05, 0.1) is 18.9 Å². The van der Waals surface area contributed by atoms with Crippen molar-refractivity contribution in [3.05, 3.63) is 60.2 Å². The number of rotatable bonds is 3. The van der Waals surface area contributed by atoms with E-state index in [1.165, 1.54) is 5.69 Å². The van der Waals surface area contributed by atoms with Crippen LogP contribution in [0.2, 0.25) is 0 Å². The van der Waals surface area contributed by atoms with Crippen molar-refractivity contribution in [1.29, 1.82) is 0 Å². The molecule has 3 nitrogen and oxygen atoms in total. The fourth-order valence-corrected chi connectivity index (χ4v) is 2.26. The summed E-state index contributed by atoms with van der Waals surface area (Å²) >= 11 is 0. The van der Waals surface area contributed by atoms with Gasteiger partial charge >= 0.3 is 0 Å². The van der Waals surface area contributed by atoms with Crippen LogP contribution in [0.1, 0.15) is 5.56 Å². The molecule has 0 spiro atoms. The summed E-state index contributed by atoms with van der Waals surface area (Å²) in [6.45, 7) is 3.57. The molecule has 0 atom stereocenters. The van der Waals surface area contributed by atoms with Gasteiger partial charge in [0.1, 0.15) is 0 Å². The minimum Gasteiger partial charge on any atom is -0.378 e. The fourth-order valence-electron chi connectivity index (χ4n) is 2.26. The highest BCUT2D eigenvalue weighted by atomic mass is 16.5. The Morgan fingerprint density at radius 3 is 2.30 bits per heavy atom. The van der Waals surface area contributed by atoms with Crippen LogP contribution in [0, 0.1) is 0 Å². The van der Waals surface area contributed by atoms with Crippen LogP contribution >= 0.6 is 0 Å². The summed E-state index contributed by atoms with van der Waals surface area (Å²) in [4.78, 5) is 6.81. The lowest BCUT2D eigenvalue weighted by molar-refractivity contribution is 0.122. The fraction of sp³-hybridized carbons (Fsp3) is 0.235. The first-order valence-corrected chi connectivity index (χ1v) is 6.94. The molecule has 0 radical (unpaired) electrons. The van der Waals surface area contributed by atoms with Crippen molar-refractivity contribution >= 4 is 17.6 Å². The zero-order valence-corrected chi connectivity index (χ0v) is 11.4. The standard InChI is InChI=1S/C17H18N2O/c1-2-4-16(5-3-1)18-14-15-6-8-17(9-7-15)19-10-12-20-13-11-19/h1-9,14H,10-13H2/b18-14+. The van der Waals surface area contributed by atoms with E-state index in [1.54, 1.807) is 0 Å². The molecule has 0 aliphatic carbocycles. The lowest BCUT2D eigenvalue weighted by Crippen LogP contribution is -2.36. The van der Waals surface area contributed by atoms with Crippen molar-refractivity contribution in [3.8, 4) is 0 Å². The largest absolute Gasteiger partial charge is 0.378 e. The van der Waals surface area contributed by atoms with Crippen LogP contribution in [-0.2, 0) is 4.74 Å². The smallest absolute Gasteiger partial charge is 0.0642 e. The van der Waals surface area contributed by atoms with Crippen LogP contribution in [-0.4, -0.2) is 32.5 Å². The van der Waals surface area contributed by atoms with Gasteiger partial charge in [0.2, 0.25) is 0 Å². The average molecular weight is 266 g/mol. The van der Waals surface area contributed by atoms with E-state index in [2.05, 4.69) is 34.2 Å². The minimum absolute atomic E-state index is 0.817. The molecule has 1 aliphatic rings. The topological polar surface area (TPSA) is 24.8 Å². The van der Waals surface area contributed by atoms with Crippen LogP contribution in [0.15, 0.2) is 59.6 Å². The molecule has 102 valence electrons. The van der Waals surface area contributed by atoms with Crippen LogP contribution in [0.4, 0.5) is 11.4 Å². The maximum absolute atomic E-state index is 5.37. The molecule has 2 aromatic carbocycles. The van der Waals surface area contributed by atoms with Gasteiger partial charge in [-0.1, -0.05) is 30.3 Å². The van der Waals surface area contributed by atoms with Crippen molar-refractivity contribution in [3.63, 3.8) is 0 Å². The van der Waals surface area contributed by atoms with Gasteiger partial charge in [-0.3, -0.25) is 4.99 Å². The molecule has 1 fully saturated rings. The van der Waals surface area contributed by atoms with E-state index >= 15 is 0 Å². The number of hydrogen-bond donors (Lipinski definition) is 0. The maximum Gasteiger partial charge on any atom is 0.0642 e. The zero-order chi connectivity index (χ0) is 13.6. The molecule has 1 aliphatic heterocycles. The second kappa shape index (κ2) is 6.35. The van der Waals surface area contributed by atoms with E-state index in [0.29, 0.717) is 0 Å². The molecule has 1 heterocycles. The van der Waals surface area contributed by atoms with Crippen LogP contribution in [0.5, 0.6) is 0 Å². The Labute approximate surface area is 119 Å². The SMILES string of the molecule is C(=N\c1ccccc1)/c1ccc(N2CCOCC2)cc1. The number of nitrogens with zero attached hydrogens (tertiary/aromatic N) is 2. The Balaban J connectivity index is 1.68. The lowest BCUT2D eigenvalue weighted by Gasteiger charge is -2.28. The summed E-state index contributed by atoms with van der Waals surface area (Å²) in [6.07, 6.45) is 1.90. The van der Waals surface area contributed by atoms with Crippen LogP contribution in [0.3, 0.4) is 0 Å². The molecule has 0 unspecified atom stereocenters. The molecule has 3 heteroatoms. The Hall–Kier alpha value is -2.13. The van der Waals surface area contributed by atoms with Gasteiger partial charge in [0, 0.05) is 25.0 Å². The van der Waals surface area contributed by atoms with E-state index in [0.717, 1.165) is 37.6 Å². The van der Waals surface area contributed by atoms with Crippen molar-refractivity contribution in [2.75, 3.05) is 31.2 Å². The second-order valence-corrected chi connectivity index (χ2v) is 4.78. The van der Waals surface area contributed by atoms with Crippen molar-refractivity contribution in [1.82, 2.24) is 0 Å². The third-order valence-corrected chi connectivity index (χ3v) is 3.39. The van der Waals surface area contributed by atoms with Crippen LogP contribution < -0.4 is 4.90 Å². The number of aliphatic imine (C=N–C) groups is 1. The predicted octanol–water partition coefficient (Wildman–Crippen LogP) is 3.27. The molecule has 1 saturated heterocycles. The molecule has 20 heavy (non-hydrogen) atoms. The van der Waals surface area contributed by atoms with Crippen molar-refractivity contribution in [2.24, 2.45) is 4.99 Å². The van der Waals surface area contributed by atoms with Gasteiger partial charge in [-0.25, -0.2) is 0 Å². The van der Waals surface area contributed by atoms with Crippen molar-refractivity contribution < 1.29 is 4.74 Å².